The molecule has 112 valence electrons. The van der Waals surface area contributed by atoms with Crippen molar-refractivity contribution in [1.29, 1.82) is 0 Å². The highest BCUT2D eigenvalue weighted by atomic mass is 79.9. The fourth-order valence-corrected chi connectivity index (χ4v) is 3.83. The number of anilines is 1. The first-order valence-electron chi connectivity index (χ1n) is 7.84. The summed E-state index contributed by atoms with van der Waals surface area (Å²) >= 11 is 3.58. The Kier molecular flexibility index (Phi) is 5.91. The molecule has 0 bridgehead atoms. The molecule has 0 aliphatic carbocycles. The third-order valence-electron chi connectivity index (χ3n) is 4.23. The maximum Gasteiger partial charge on any atom is 0.0356 e. The molecule has 0 saturated carbocycles. The van der Waals surface area contributed by atoms with E-state index in [1.54, 1.807) is 0 Å². The summed E-state index contributed by atoms with van der Waals surface area (Å²) < 4.78 is 1.16. The molecule has 1 fully saturated rings. The zero-order valence-electron chi connectivity index (χ0n) is 13.0. The molecule has 0 aromatic heterocycles. The number of hydrogen-bond acceptors (Lipinski definition) is 2. The molecule has 2 nitrogen and oxygen atoms in total. The van der Waals surface area contributed by atoms with Crippen LogP contribution in [0.1, 0.15) is 38.7 Å². The number of benzene rings is 1. The van der Waals surface area contributed by atoms with Gasteiger partial charge in [-0.25, -0.2) is 0 Å². The SMILES string of the molecule is CCCN1CCCC(C(C)Nc2cc(C)cc(Br)c2)C1. The molecular formula is C17H27BrN2. The van der Waals surface area contributed by atoms with Gasteiger partial charge in [-0.2, -0.15) is 0 Å². The molecule has 1 aromatic rings. The highest BCUT2D eigenvalue weighted by Gasteiger charge is 2.24. The number of hydrogen-bond donors (Lipinski definition) is 1. The van der Waals surface area contributed by atoms with Gasteiger partial charge in [-0.15, -0.1) is 0 Å². The molecule has 0 radical (unpaired) electrons. The average molecular weight is 339 g/mol. The summed E-state index contributed by atoms with van der Waals surface area (Å²) in [5.74, 6) is 0.759. The number of nitrogens with one attached hydrogen (secondary N) is 1. The molecule has 2 rings (SSSR count). The number of nitrogens with zero attached hydrogens (tertiary/aromatic N) is 1. The van der Waals surface area contributed by atoms with Gasteiger partial charge in [0.2, 0.25) is 0 Å². The predicted octanol–water partition coefficient (Wildman–Crippen LogP) is 4.68. The van der Waals surface area contributed by atoms with Crippen molar-refractivity contribution in [2.45, 2.75) is 46.1 Å². The minimum atomic E-state index is 0.531. The quantitative estimate of drug-likeness (QED) is 0.838. The minimum Gasteiger partial charge on any atom is -0.382 e. The Morgan fingerprint density at radius 2 is 2.20 bits per heavy atom. The summed E-state index contributed by atoms with van der Waals surface area (Å²) in [4.78, 5) is 2.62. The van der Waals surface area contributed by atoms with E-state index in [0.717, 1.165) is 10.4 Å². The summed E-state index contributed by atoms with van der Waals surface area (Å²) in [5.41, 5.74) is 2.53. The number of rotatable bonds is 5. The van der Waals surface area contributed by atoms with E-state index in [1.807, 2.05) is 0 Å². The van der Waals surface area contributed by atoms with Gasteiger partial charge in [-0.3, -0.25) is 0 Å². The molecule has 1 aliphatic rings. The summed E-state index contributed by atoms with van der Waals surface area (Å²) in [6.45, 7) is 10.5. The van der Waals surface area contributed by atoms with Crippen LogP contribution in [0.3, 0.4) is 0 Å². The van der Waals surface area contributed by atoms with Crippen LogP contribution in [0.15, 0.2) is 22.7 Å². The Balaban J connectivity index is 1.95. The van der Waals surface area contributed by atoms with E-state index in [9.17, 15) is 0 Å². The highest BCUT2D eigenvalue weighted by Crippen LogP contribution is 2.25. The molecule has 0 amide bonds. The van der Waals surface area contributed by atoms with E-state index in [-0.39, 0.29) is 0 Å². The summed E-state index contributed by atoms with van der Waals surface area (Å²) in [7, 11) is 0. The molecule has 3 heteroatoms. The van der Waals surface area contributed by atoms with Crippen molar-refractivity contribution in [2.24, 2.45) is 5.92 Å². The molecule has 2 unspecified atom stereocenters. The van der Waals surface area contributed by atoms with Gasteiger partial charge in [0.15, 0.2) is 0 Å². The van der Waals surface area contributed by atoms with Crippen molar-refractivity contribution in [2.75, 3.05) is 25.0 Å². The van der Waals surface area contributed by atoms with Crippen LogP contribution in [-0.2, 0) is 0 Å². The Morgan fingerprint density at radius 3 is 2.90 bits per heavy atom. The summed E-state index contributed by atoms with van der Waals surface area (Å²) in [5, 5.41) is 3.70. The van der Waals surface area contributed by atoms with Crippen LogP contribution < -0.4 is 5.32 Å². The van der Waals surface area contributed by atoms with Crippen molar-refractivity contribution in [3.05, 3.63) is 28.2 Å². The first kappa shape index (κ1) is 15.8. The largest absolute Gasteiger partial charge is 0.382 e. The van der Waals surface area contributed by atoms with Crippen molar-refractivity contribution < 1.29 is 0 Å². The smallest absolute Gasteiger partial charge is 0.0356 e. The Hall–Kier alpha value is -0.540. The summed E-state index contributed by atoms with van der Waals surface area (Å²) in [6, 6.07) is 7.09. The van der Waals surface area contributed by atoms with Crippen molar-refractivity contribution in [3.8, 4) is 0 Å². The Bertz CT molecular complexity index is 411. The topological polar surface area (TPSA) is 15.3 Å². The van der Waals surface area contributed by atoms with Crippen molar-refractivity contribution in [1.82, 2.24) is 4.90 Å². The normalized spacial score (nSPS) is 21.7. The van der Waals surface area contributed by atoms with E-state index in [2.05, 4.69) is 65.1 Å². The van der Waals surface area contributed by atoms with Crippen LogP contribution in [0.25, 0.3) is 0 Å². The lowest BCUT2D eigenvalue weighted by molar-refractivity contribution is 0.165. The average Bonchev–Trinajstić information content (AvgIpc) is 2.38. The van der Waals surface area contributed by atoms with Crippen LogP contribution in [0.2, 0.25) is 0 Å². The van der Waals surface area contributed by atoms with Gasteiger partial charge >= 0.3 is 0 Å². The molecule has 1 aromatic carbocycles. The van der Waals surface area contributed by atoms with E-state index in [4.69, 9.17) is 0 Å². The van der Waals surface area contributed by atoms with Gasteiger partial charge in [-0.05, 0) is 75.9 Å². The highest BCUT2D eigenvalue weighted by molar-refractivity contribution is 9.10. The molecule has 1 heterocycles. The standard InChI is InChI=1S/C17H27BrN2/c1-4-7-20-8-5-6-15(12-20)14(3)19-17-10-13(2)9-16(18)11-17/h9-11,14-15,19H,4-8,12H2,1-3H3. The maximum atomic E-state index is 3.70. The molecule has 20 heavy (non-hydrogen) atoms. The van der Waals surface area contributed by atoms with E-state index >= 15 is 0 Å². The lowest BCUT2D eigenvalue weighted by Gasteiger charge is -2.36. The molecule has 0 spiro atoms. The van der Waals surface area contributed by atoms with Gasteiger partial charge in [-0.1, -0.05) is 22.9 Å². The zero-order valence-corrected chi connectivity index (χ0v) is 14.5. The van der Waals surface area contributed by atoms with E-state index in [0.29, 0.717) is 6.04 Å². The second kappa shape index (κ2) is 7.46. The van der Waals surface area contributed by atoms with Crippen LogP contribution >= 0.6 is 15.9 Å². The third kappa shape index (κ3) is 4.49. The monoisotopic (exact) mass is 338 g/mol. The second-order valence-corrected chi connectivity index (χ2v) is 7.07. The predicted molar refractivity (Wildman–Crippen MR) is 91.4 cm³/mol. The first-order valence-corrected chi connectivity index (χ1v) is 8.64. The van der Waals surface area contributed by atoms with E-state index in [1.165, 1.54) is 50.1 Å². The molecular weight excluding hydrogens is 312 g/mol. The van der Waals surface area contributed by atoms with Crippen molar-refractivity contribution >= 4 is 21.6 Å². The maximum absolute atomic E-state index is 3.70. The molecule has 1 N–H and O–H groups in total. The minimum absolute atomic E-state index is 0.531. The molecule has 1 saturated heterocycles. The van der Waals surface area contributed by atoms with Gasteiger partial charge in [0.25, 0.3) is 0 Å². The van der Waals surface area contributed by atoms with E-state index < -0.39 is 0 Å². The van der Waals surface area contributed by atoms with Gasteiger partial charge < -0.3 is 10.2 Å². The lowest BCUT2D eigenvalue weighted by atomic mass is 9.91. The Labute approximate surface area is 132 Å². The number of aryl methyl sites for hydroxylation is 1. The third-order valence-corrected chi connectivity index (χ3v) is 4.68. The fourth-order valence-electron chi connectivity index (χ4n) is 3.22. The van der Waals surface area contributed by atoms with Crippen LogP contribution in [0.4, 0.5) is 5.69 Å². The van der Waals surface area contributed by atoms with Crippen molar-refractivity contribution in [3.63, 3.8) is 0 Å². The lowest BCUT2D eigenvalue weighted by Crippen LogP contribution is -2.42. The summed E-state index contributed by atoms with van der Waals surface area (Å²) in [6.07, 6.45) is 3.95. The number of piperidine rings is 1. The Morgan fingerprint density at radius 1 is 1.40 bits per heavy atom. The van der Waals surface area contributed by atoms with Crippen LogP contribution in [-0.4, -0.2) is 30.6 Å². The van der Waals surface area contributed by atoms with Gasteiger partial charge in [0.05, 0.1) is 0 Å². The first-order chi connectivity index (χ1) is 9.58. The molecule has 1 aliphatic heterocycles. The van der Waals surface area contributed by atoms with Crippen LogP contribution in [0, 0.1) is 12.8 Å². The molecule has 2 atom stereocenters. The van der Waals surface area contributed by atoms with Gasteiger partial charge in [0, 0.05) is 22.7 Å². The number of halogens is 1. The van der Waals surface area contributed by atoms with Crippen LogP contribution in [0.5, 0.6) is 0 Å². The number of likely N-dealkylation sites (tertiary alicyclic amines) is 1. The zero-order chi connectivity index (χ0) is 14.5. The fraction of sp³-hybridized carbons (Fsp3) is 0.647. The van der Waals surface area contributed by atoms with Gasteiger partial charge in [0.1, 0.15) is 0 Å². The second-order valence-electron chi connectivity index (χ2n) is 6.15.